The Morgan fingerprint density at radius 2 is 1.58 bits per heavy atom. The van der Waals surface area contributed by atoms with Crippen molar-refractivity contribution in [3.05, 3.63) is 0 Å². The summed E-state index contributed by atoms with van der Waals surface area (Å²) in [5.74, 6) is 2.26. The Morgan fingerprint density at radius 1 is 1.05 bits per heavy atom. The van der Waals surface area contributed by atoms with Gasteiger partial charge in [0.15, 0.2) is 0 Å². The molecule has 1 unspecified atom stereocenters. The molecule has 0 aromatic carbocycles. The fourth-order valence-electron chi connectivity index (χ4n) is 5.52. The van der Waals surface area contributed by atoms with Gasteiger partial charge >= 0.3 is 6.03 Å². The van der Waals surface area contributed by atoms with E-state index in [2.05, 4.69) is 5.32 Å². The summed E-state index contributed by atoms with van der Waals surface area (Å²) in [5, 5.41) is 2.90. The maximum atomic E-state index is 12.5. The van der Waals surface area contributed by atoms with Crippen molar-refractivity contribution in [3.63, 3.8) is 0 Å². The van der Waals surface area contributed by atoms with Crippen LogP contribution in [0.3, 0.4) is 0 Å². The van der Waals surface area contributed by atoms with E-state index in [-0.39, 0.29) is 23.4 Å². The molecule has 0 aromatic rings. The average Bonchev–Trinajstić information content (AvgIpc) is 2.32. The van der Waals surface area contributed by atoms with E-state index in [1.807, 2.05) is 6.92 Å². The van der Waals surface area contributed by atoms with E-state index < -0.39 is 0 Å². The molecule has 3 amide bonds. The lowest BCUT2D eigenvalue weighted by Gasteiger charge is -2.60. The predicted molar refractivity (Wildman–Crippen MR) is 70.3 cm³/mol. The Kier molecular flexibility index (Phi) is 2.31. The van der Waals surface area contributed by atoms with E-state index in [0.717, 1.165) is 37.0 Å². The maximum absolute atomic E-state index is 12.5. The summed E-state index contributed by atoms with van der Waals surface area (Å²) in [6, 6.07) is -0.134. The zero-order valence-corrected chi connectivity index (χ0v) is 11.5. The summed E-state index contributed by atoms with van der Waals surface area (Å²) < 4.78 is 0. The number of urea groups is 1. The van der Waals surface area contributed by atoms with Crippen LogP contribution in [0, 0.1) is 23.7 Å². The first-order valence-electron chi connectivity index (χ1n) is 7.69. The second-order valence-corrected chi connectivity index (χ2v) is 7.40. The molecule has 4 saturated carbocycles. The smallest absolute Gasteiger partial charge is 0.324 e. The molecule has 1 N–H and O–H groups in total. The number of imide groups is 1. The van der Waals surface area contributed by atoms with E-state index >= 15 is 0 Å². The minimum atomic E-state index is -0.134. The third kappa shape index (κ3) is 1.58. The van der Waals surface area contributed by atoms with Gasteiger partial charge in [0.2, 0.25) is 5.91 Å². The lowest BCUT2D eigenvalue weighted by Crippen LogP contribution is -2.68. The zero-order valence-electron chi connectivity index (χ0n) is 11.5. The van der Waals surface area contributed by atoms with Gasteiger partial charge in [0.1, 0.15) is 0 Å². The van der Waals surface area contributed by atoms with Crippen LogP contribution in [0.15, 0.2) is 0 Å². The third-order valence-electron chi connectivity index (χ3n) is 5.88. The first-order valence-corrected chi connectivity index (χ1v) is 7.69. The summed E-state index contributed by atoms with van der Waals surface area (Å²) in [6.07, 6.45) is 7.18. The molecule has 4 nitrogen and oxygen atoms in total. The van der Waals surface area contributed by atoms with Crippen molar-refractivity contribution in [1.82, 2.24) is 10.2 Å². The van der Waals surface area contributed by atoms with Crippen molar-refractivity contribution in [1.29, 1.82) is 0 Å². The van der Waals surface area contributed by atoms with Gasteiger partial charge in [0.25, 0.3) is 0 Å². The molecule has 5 aliphatic rings. The summed E-state index contributed by atoms with van der Waals surface area (Å²) in [7, 11) is 0. The minimum absolute atomic E-state index is 0.0608. The van der Waals surface area contributed by atoms with Crippen LogP contribution in [0.2, 0.25) is 0 Å². The van der Waals surface area contributed by atoms with Crippen LogP contribution in [-0.2, 0) is 4.79 Å². The normalized spacial score (nSPS) is 48.6. The number of hydrogen-bond acceptors (Lipinski definition) is 2. The molecule has 1 heterocycles. The first-order chi connectivity index (χ1) is 9.07. The fourth-order valence-corrected chi connectivity index (χ4v) is 5.52. The molecule has 0 spiro atoms. The maximum Gasteiger partial charge on any atom is 0.324 e. The highest BCUT2D eigenvalue weighted by atomic mass is 16.2. The predicted octanol–water partition coefficient (Wildman–Crippen LogP) is 2.14. The second kappa shape index (κ2) is 3.74. The molecular weight excluding hydrogens is 240 g/mol. The monoisotopic (exact) mass is 262 g/mol. The number of carbonyl (C=O) groups is 2. The van der Waals surface area contributed by atoms with Gasteiger partial charge in [-0.25, -0.2) is 4.79 Å². The lowest BCUT2D eigenvalue weighted by molar-refractivity contribution is -0.148. The number of hydrogen-bond donors (Lipinski definition) is 1. The van der Waals surface area contributed by atoms with Crippen LogP contribution in [-0.4, -0.2) is 28.9 Å². The van der Waals surface area contributed by atoms with Crippen molar-refractivity contribution in [2.75, 3.05) is 6.54 Å². The van der Waals surface area contributed by atoms with Gasteiger partial charge in [-0.2, -0.15) is 0 Å². The highest BCUT2D eigenvalue weighted by molar-refractivity contribution is 5.99. The summed E-state index contributed by atoms with van der Waals surface area (Å²) in [6.45, 7) is 2.43. The molecule has 1 saturated heterocycles. The number of carbonyl (C=O) groups excluding carboxylic acids is 2. The summed E-state index contributed by atoms with van der Waals surface area (Å²) in [5.41, 5.74) is -0.134. The van der Waals surface area contributed by atoms with Crippen LogP contribution in [0.1, 0.15) is 45.4 Å². The van der Waals surface area contributed by atoms with Gasteiger partial charge in [-0.1, -0.05) is 6.92 Å². The molecule has 4 bridgehead atoms. The zero-order chi connectivity index (χ0) is 13.2. The van der Waals surface area contributed by atoms with E-state index in [9.17, 15) is 9.59 Å². The van der Waals surface area contributed by atoms with Crippen LogP contribution in [0.4, 0.5) is 4.79 Å². The number of amides is 3. The van der Waals surface area contributed by atoms with E-state index in [1.165, 1.54) is 19.3 Å². The third-order valence-corrected chi connectivity index (χ3v) is 5.88. The van der Waals surface area contributed by atoms with Gasteiger partial charge in [-0.15, -0.1) is 0 Å². The molecule has 0 radical (unpaired) electrons. The van der Waals surface area contributed by atoms with E-state index in [0.29, 0.717) is 6.54 Å². The van der Waals surface area contributed by atoms with Gasteiger partial charge < -0.3 is 5.32 Å². The molecule has 4 heteroatoms. The molecule has 104 valence electrons. The van der Waals surface area contributed by atoms with Gasteiger partial charge in [0.05, 0.1) is 11.5 Å². The van der Waals surface area contributed by atoms with Gasteiger partial charge in [0, 0.05) is 6.54 Å². The lowest BCUT2D eigenvalue weighted by atomic mass is 9.52. The number of nitrogens with zero attached hydrogens (tertiary/aromatic N) is 1. The molecule has 19 heavy (non-hydrogen) atoms. The standard InChI is InChI=1S/C15H22N2O2/c1-9-8-16-14(19)17(13(9)18)15-5-10-2-11(6-15)4-12(3-10)7-15/h9-12H,2-8H2,1H3,(H,16,19). The quantitative estimate of drug-likeness (QED) is 0.787. The van der Waals surface area contributed by atoms with Crippen LogP contribution < -0.4 is 5.32 Å². The summed E-state index contributed by atoms with van der Waals surface area (Å²) >= 11 is 0. The van der Waals surface area contributed by atoms with Crippen molar-refractivity contribution in [2.45, 2.75) is 51.0 Å². The SMILES string of the molecule is CC1CNC(=O)N(C23CC4CC(CC(C4)C2)C3)C1=O. The molecular formula is C15H22N2O2. The van der Waals surface area contributed by atoms with Crippen LogP contribution in [0.25, 0.3) is 0 Å². The Hall–Kier alpha value is -1.06. The Bertz CT molecular complexity index is 410. The highest BCUT2D eigenvalue weighted by Gasteiger charge is 2.57. The molecule has 5 rings (SSSR count). The van der Waals surface area contributed by atoms with Crippen LogP contribution >= 0.6 is 0 Å². The fraction of sp³-hybridized carbons (Fsp3) is 0.867. The van der Waals surface area contributed by atoms with Gasteiger partial charge in [-0.3, -0.25) is 9.69 Å². The van der Waals surface area contributed by atoms with Crippen molar-refractivity contribution < 1.29 is 9.59 Å². The topological polar surface area (TPSA) is 49.4 Å². The van der Waals surface area contributed by atoms with Crippen LogP contribution in [0.5, 0.6) is 0 Å². The second-order valence-electron chi connectivity index (χ2n) is 7.40. The number of nitrogens with one attached hydrogen (secondary N) is 1. The largest absolute Gasteiger partial charge is 0.337 e. The molecule has 0 aromatic heterocycles. The first kappa shape index (κ1) is 11.7. The number of rotatable bonds is 1. The average molecular weight is 262 g/mol. The van der Waals surface area contributed by atoms with Crippen molar-refractivity contribution in [2.24, 2.45) is 23.7 Å². The molecule has 1 atom stereocenters. The Morgan fingerprint density at radius 3 is 2.11 bits per heavy atom. The van der Waals surface area contributed by atoms with E-state index in [4.69, 9.17) is 0 Å². The highest BCUT2D eigenvalue weighted by Crippen LogP contribution is 2.58. The Labute approximate surface area is 113 Å². The minimum Gasteiger partial charge on any atom is -0.337 e. The summed E-state index contributed by atoms with van der Waals surface area (Å²) in [4.78, 5) is 26.4. The molecule has 5 fully saturated rings. The van der Waals surface area contributed by atoms with Crippen molar-refractivity contribution in [3.8, 4) is 0 Å². The van der Waals surface area contributed by atoms with Crippen molar-refractivity contribution >= 4 is 11.9 Å². The Balaban J connectivity index is 1.70. The van der Waals surface area contributed by atoms with Gasteiger partial charge in [-0.05, 0) is 56.3 Å². The molecule has 4 aliphatic carbocycles. The van der Waals surface area contributed by atoms with E-state index in [1.54, 1.807) is 4.90 Å². The molecule has 1 aliphatic heterocycles.